The molecule has 1 fully saturated rings. The first-order valence-electron chi connectivity index (χ1n) is 9.27. The summed E-state index contributed by atoms with van der Waals surface area (Å²) >= 11 is 0. The summed E-state index contributed by atoms with van der Waals surface area (Å²) in [6, 6.07) is 5.10. The van der Waals surface area contributed by atoms with E-state index in [9.17, 15) is 4.79 Å². The van der Waals surface area contributed by atoms with E-state index in [-0.39, 0.29) is 5.91 Å². The van der Waals surface area contributed by atoms with Gasteiger partial charge in [0.15, 0.2) is 11.5 Å². The second-order valence-electron chi connectivity index (χ2n) is 6.57. The van der Waals surface area contributed by atoms with Crippen molar-refractivity contribution in [1.82, 2.24) is 9.97 Å². The van der Waals surface area contributed by atoms with Gasteiger partial charge in [0, 0.05) is 37.0 Å². The Labute approximate surface area is 164 Å². The molecule has 2 heterocycles. The molecule has 0 radical (unpaired) electrons. The maximum absolute atomic E-state index is 12.8. The number of ether oxygens (including phenoxy) is 3. The Bertz CT molecular complexity index is 825. The van der Waals surface area contributed by atoms with E-state index in [0.29, 0.717) is 34.5 Å². The quantitative estimate of drug-likeness (QED) is 0.816. The molecule has 1 saturated heterocycles. The number of rotatable bonds is 6. The first-order valence-corrected chi connectivity index (χ1v) is 9.27. The fourth-order valence-electron chi connectivity index (χ4n) is 3.30. The normalized spacial score (nSPS) is 13.8. The van der Waals surface area contributed by atoms with E-state index >= 15 is 0 Å². The van der Waals surface area contributed by atoms with E-state index in [1.54, 1.807) is 25.1 Å². The van der Waals surface area contributed by atoms with Gasteiger partial charge in [-0.25, -0.2) is 9.97 Å². The van der Waals surface area contributed by atoms with Crippen molar-refractivity contribution in [2.45, 2.75) is 26.2 Å². The lowest BCUT2D eigenvalue weighted by Gasteiger charge is -2.28. The van der Waals surface area contributed by atoms with Crippen LogP contribution in [-0.2, 0) is 0 Å². The molecule has 0 aliphatic carbocycles. The number of hydrogen-bond donors (Lipinski definition) is 1. The van der Waals surface area contributed by atoms with Gasteiger partial charge in [-0.15, -0.1) is 0 Å². The Balaban J connectivity index is 1.86. The van der Waals surface area contributed by atoms with E-state index in [1.165, 1.54) is 27.8 Å². The molecule has 1 aliphatic heterocycles. The zero-order chi connectivity index (χ0) is 20.1. The summed E-state index contributed by atoms with van der Waals surface area (Å²) in [6.07, 6.45) is 3.50. The van der Waals surface area contributed by atoms with Crippen molar-refractivity contribution in [2.24, 2.45) is 0 Å². The van der Waals surface area contributed by atoms with Gasteiger partial charge >= 0.3 is 0 Å². The van der Waals surface area contributed by atoms with Gasteiger partial charge in [0.2, 0.25) is 5.75 Å². The fraction of sp³-hybridized carbons (Fsp3) is 0.450. The average molecular weight is 386 g/mol. The molecule has 150 valence electrons. The summed E-state index contributed by atoms with van der Waals surface area (Å²) in [5.41, 5.74) is 0.845. The van der Waals surface area contributed by atoms with Crippen LogP contribution in [0.1, 0.15) is 35.6 Å². The zero-order valence-corrected chi connectivity index (χ0v) is 16.7. The Morgan fingerprint density at radius 1 is 0.964 bits per heavy atom. The van der Waals surface area contributed by atoms with E-state index in [1.807, 2.05) is 0 Å². The predicted octanol–water partition coefficient (Wildman–Crippen LogP) is 3.05. The van der Waals surface area contributed by atoms with Crippen LogP contribution in [0.15, 0.2) is 18.2 Å². The standard InChI is InChI=1S/C20H26N4O4/c1-13-21-15(12-18(22-13)24-8-6-5-7-9-24)20(25)23-14-10-16(26-2)19(28-4)17(11-14)27-3/h10-12H,5-9H2,1-4H3,(H,23,25). The van der Waals surface area contributed by atoms with E-state index in [2.05, 4.69) is 20.2 Å². The topological polar surface area (TPSA) is 85.8 Å². The van der Waals surface area contributed by atoms with Crippen LogP contribution < -0.4 is 24.4 Å². The van der Waals surface area contributed by atoms with Crippen LogP contribution in [0.25, 0.3) is 0 Å². The number of hydrogen-bond acceptors (Lipinski definition) is 7. The van der Waals surface area contributed by atoms with Gasteiger partial charge in [0.25, 0.3) is 5.91 Å². The maximum atomic E-state index is 12.8. The smallest absolute Gasteiger partial charge is 0.274 e. The molecule has 1 aromatic heterocycles. The van der Waals surface area contributed by atoms with Gasteiger partial charge in [-0.3, -0.25) is 4.79 Å². The molecule has 0 saturated carbocycles. The van der Waals surface area contributed by atoms with Gasteiger partial charge < -0.3 is 24.4 Å². The van der Waals surface area contributed by atoms with E-state index in [0.717, 1.165) is 31.7 Å². The van der Waals surface area contributed by atoms with Crippen molar-refractivity contribution in [2.75, 3.05) is 44.6 Å². The highest BCUT2D eigenvalue weighted by molar-refractivity contribution is 6.03. The molecule has 2 aromatic rings. The molecule has 28 heavy (non-hydrogen) atoms. The van der Waals surface area contributed by atoms with Gasteiger partial charge in [0.05, 0.1) is 21.3 Å². The van der Waals surface area contributed by atoms with Crippen molar-refractivity contribution in [3.05, 3.63) is 29.7 Å². The minimum Gasteiger partial charge on any atom is -0.493 e. The minimum atomic E-state index is -0.321. The first kappa shape index (κ1) is 19.7. The SMILES string of the molecule is COc1cc(NC(=O)c2cc(N3CCCCC3)nc(C)n2)cc(OC)c1OC. The van der Waals surface area contributed by atoms with Crippen LogP contribution in [0.5, 0.6) is 17.2 Å². The molecule has 0 bridgehead atoms. The van der Waals surface area contributed by atoms with Gasteiger partial charge in [-0.1, -0.05) is 0 Å². The van der Waals surface area contributed by atoms with Crippen LogP contribution in [0.4, 0.5) is 11.5 Å². The van der Waals surface area contributed by atoms with Crippen molar-refractivity contribution in [1.29, 1.82) is 0 Å². The molecule has 1 amide bonds. The van der Waals surface area contributed by atoms with Gasteiger partial charge in [-0.2, -0.15) is 0 Å². The van der Waals surface area contributed by atoms with Crippen molar-refractivity contribution in [3.63, 3.8) is 0 Å². The summed E-state index contributed by atoms with van der Waals surface area (Å²) in [4.78, 5) is 23.8. The number of methoxy groups -OCH3 is 3. The van der Waals surface area contributed by atoms with Crippen LogP contribution in [0.2, 0.25) is 0 Å². The van der Waals surface area contributed by atoms with Gasteiger partial charge in [0.1, 0.15) is 17.3 Å². The lowest BCUT2D eigenvalue weighted by atomic mass is 10.1. The Hall–Kier alpha value is -3.03. The molecule has 8 nitrogen and oxygen atoms in total. The zero-order valence-electron chi connectivity index (χ0n) is 16.7. The van der Waals surface area contributed by atoms with Crippen molar-refractivity contribution in [3.8, 4) is 17.2 Å². The highest BCUT2D eigenvalue weighted by atomic mass is 16.5. The third-order valence-corrected chi connectivity index (χ3v) is 4.66. The van der Waals surface area contributed by atoms with E-state index in [4.69, 9.17) is 14.2 Å². The van der Waals surface area contributed by atoms with Crippen LogP contribution in [0, 0.1) is 6.92 Å². The van der Waals surface area contributed by atoms with Crippen LogP contribution in [0.3, 0.4) is 0 Å². The third-order valence-electron chi connectivity index (χ3n) is 4.66. The number of amides is 1. The lowest BCUT2D eigenvalue weighted by Crippen LogP contribution is -2.31. The molecule has 0 atom stereocenters. The highest BCUT2D eigenvalue weighted by Gasteiger charge is 2.19. The largest absolute Gasteiger partial charge is 0.493 e. The highest BCUT2D eigenvalue weighted by Crippen LogP contribution is 2.40. The summed E-state index contributed by atoms with van der Waals surface area (Å²) in [5.74, 6) is 2.43. The second-order valence-corrected chi connectivity index (χ2v) is 6.57. The molecule has 1 aliphatic rings. The number of aromatic nitrogens is 2. The summed E-state index contributed by atoms with van der Waals surface area (Å²) in [7, 11) is 4.59. The number of piperidine rings is 1. The second kappa shape index (κ2) is 8.77. The summed E-state index contributed by atoms with van der Waals surface area (Å²) in [6.45, 7) is 3.69. The molecule has 1 aromatic carbocycles. The molecular weight excluding hydrogens is 360 g/mol. The number of nitrogens with zero attached hydrogens (tertiary/aromatic N) is 3. The number of anilines is 2. The fourth-order valence-corrected chi connectivity index (χ4v) is 3.30. The van der Waals surface area contributed by atoms with Crippen LogP contribution >= 0.6 is 0 Å². The monoisotopic (exact) mass is 386 g/mol. The molecule has 0 spiro atoms. The maximum Gasteiger partial charge on any atom is 0.274 e. The number of benzene rings is 1. The number of nitrogens with one attached hydrogen (secondary N) is 1. The number of carbonyl (C=O) groups is 1. The number of carbonyl (C=O) groups excluding carboxylic acids is 1. The van der Waals surface area contributed by atoms with E-state index < -0.39 is 0 Å². The number of aryl methyl sites for hydroxylation is 1. The van der Waals surface area contributed by atoms with Crippen molar-refractivity contribution >= 4 is 17.4 Å². The average Bonchev–Trinajstić information content (AvgIpc) is 2.73. The Morgan fingerprint density at radius 3 is 2.18 bits per heavy atom. The molecule has 0 unspecified atom stereocenters. The summed E-state index contributed by atoms with van der Waals surface area (Å²) < 4.78 is 16.0. The minimum absolute atomic E-state index is 0.321. The van der Waals surface area contributed by atoms with Crippen LogP contribution in [-0.4, -0.2) is 50.3 Å². The lowest BCUT2D eigenvalue weighted by molar-refractivity contribution is 0.102. The first-order chi connectivity index (χ1) is 13.5. The molecule has 8 heteroatoms. The molecular formula is C20H26N4O4. The molecule has 1 N–H and O–H groups in total. The Kier molecular flexibility index (Phi) is 6.18. The van der Waals surface area contributed by atoms with Gasteiger partial charge in [-0.05, 0) is 26.2 Å². The van der Waals surface area contributed by atoms with Crippen molar-refractivity contribution < 1.29 is 19.0 Å². The summed E-state index contributed by atoms with van der Waals surface area (Å²) in [5, 5.41) is 2.85. The Morgan fingerprint density at radius 2 is 1.61 bits per heavy atom. The third kappa shape index (κ3) is 4.27. The predicted molar refractivity (Wildman–Crippen MR) is 107 cm³/mol. The molecule has 3 rings (SSSR count).